The molecule has 1 aromatic heterocycles. The Kier molecular flexibility index (Phi) is 3.07. The van der Waals surface area contributed by atoms with Gasteiger partial charge in [0.05, 0.1) is 24.1 Å². The maximum Gasteiger partial charge on any atom is 0.140 e. The summed E-state index contributed by atoms with van der Waals surface area (Å²) in [6.07, 6.45) is 1.49. The summed E-state index contributed by atoms with van der Waals surface area (Å²) < 4.78 is 14.4. The SMILES string of the molecule is Cc1cc(-c2ncc(CO)[nH]2)c(F)cc1Br. The van der Waals surface area contributed by atoms with Gasteiger partial charge in [-0.2, -0.15) is 0 Å². The summed E-state index contributed by atoms with van der Waals surface area (Å²) in [6.45, 7) is 1.74. The highest BCUT2D eigenvalue weighted by Crippen LogP contribution is 2.26. The molecule has 0 fully saturated rings. The van der Waals surface area contributed by atoms with Gasteiger partial charge in [-0.3, -0.25) is 0 Å². The van der Waals surface area contributed by atoms with Crippen LogP contribution >= 0.6 is 15.9 Å². The number of aromatic amines is 1. The molecule has 0 unspecified atom stereocenters. The third-order valence-corrected chi connectivity index (χ3v) is 3.16. The highest BCUT2D eigenvalue weighted by Gasteiger charge is 2.11. The fourth-order valence-corrected chi connectivity index (χ4v) is 1.73. The number of H-pyrrole nitrogens is 1. The van der Waals surface area contributed by atoms with Gasteiger partial charge in [-0.05, 0) is 24.6 Å². The standard InChI is InChI=1S/C11H10BrFN2O/c1-6-2-8(10(13)3-9(6)12)11-14-4-7(5-16)15-11/h2-4,16H,5H2,1H3,(H,14,15). The van der Waals surface area contributed by atoms with Gasteiger partial charge in [0.2, 0.25) is 0 Å². The third-order valence-electron chi connectivity index (χ3n) is 2.30. The molecule has 0 aliphatic rings. The van der Waals surface area contributed by atoms with Crippen LogP contribution in [0, 0.1) is 12.7 Å². The molecule has 0 atom stereocenters. The van der Waals surface area contributed by atoms with Crippen LogP contribution in [-0.2, 0) is 6.61 Å². The molecule has 2 rings (SSSR count). The second kappa shape index (κ2) is 4.35. The molecule has 0 bridgehead atoms. The molecule has 2 N–H and O–H groups in total. The zero-order chi connectivity index (χ0) is 11.7. The van der Waals surface area contributed by atoms with E-state index in [4.69, 9.17) is 5.11 Å². The minimum Gasteiger partial charge on any atom is -0.390 e. The zero-order valence-electron chi connectivity index (χ0n) is 8.59. The molecule has 0 aliphatic carbocycles. The van der Waals surface area contributed by atoms with Gasteiger partial charge in [-0.25, -0.2) is 9.37 Å². The third kappa shape index (κ3) is 2.01. The van der Waals surface area contributed by atoms with Gasteiger partial charge in [-0.1, -0.05) is 15.9 Å². The summed E-state index contributed by atoms with van der Waals surface area (Å²) in [6, 6.07) is 3.12. The average molecular weight is 285 g/mol. The molecule has 1 aromatic carbocycles. The van der Waals surface area contributed by atoms with Crippen LogP contribution < -0.4 is 0 Å². The number of halogens is 2. The van der Waals surface area contributed by atoms with E-state index < -0.39 is 0 Å². The number of aliphatic hydroxyl groups excluding tert-OH is 1. The van der Waals surface area contributed by atoms with E-state index in [1.165, 1.54) is 12.3 Å². The van der Waals surface area contributed by atoms with Gasteiger partial charge < -0.3 is 10.1 Å². The molecule has 84 valence electrons. The second-order valence-electron chi connectivity index (χ2n) is 3.50. The molecule has 2 aromatic rings. The van der Waals surface area contributed by atoms with Crippen LogP contribution in [0.5, 0.6) is 0 Å². The Hall–Kier alpha value is -1.20. The van der Waals surface area contributed by atoms with Crippen LogP contribution in [0.3, 0.4) is 0 Å². The molecule has 0 amide bonds. The largest absolute Gasteiger partial charge is 0.390 e. The Morgan fingerprint density at radius 2 is 2.25 bits per heavy atom. The Bertz CT molecular complexity index is 525. The predicted octanol–water partition coefficient (Wildman–Crippen LogP) is 2.78. The van der Waals surface area contributed by atoms with E-state index in [0.717, 1.165) is 10.0 Å². The fourth-order valence-electron chi connectivity index (χ4n) is 1.42. The van der Waals surface area contributed by atoms with Crippen LogP contribution in [0.4, 0.5) is 4.39 Å². The average Bonchev–Trinajstić information content (AvgIpc) is 2.71. The summed E-state index contributed by atoms with van der Waals surface area (Å²) in [4.78, 5) is 6.87. The fraction of sp³-hybridized carbons (Fsp3) is 0.182. The maximum atomic E-state index is 13.7. The van der Waals surface area contributed by atoms with Gasteiger partial charge >= 0.3 is 0 Å². The van der Waals surface area contributed by atoms with Crippen LogP contribution in [0.25, 0.3) is 11.4 Å². The summed E-state index contributed by atoms with van der Waals surface area (Å²) in [5.74, 6) is 0.0773. The molecule has 0 spiro atoms. The van der Waals surface area contributed by atoms with Crippen molar-refractivity contribution in [1.82, 2.24) is 9.97 Å². The van der Waals surface area contributed by atoms with E-state index in [1.54, 1.807) is 6.07 Å². The van der Waals surface area contributed by atoms with Crippen molar-refractivity contribution in [2.45, 2.75) is 13.5 Å². The van der Waals surface area contributed by atoms with Gasteiger partial charge in [0.25, 0.3) is 0 Å². The number of rotatable bonds is 2. The van der Waals surface area contributed by atoms with Gasteiger partial charge in [0.1, 0.15) is 11.6 Å². The highest BCUT2D eigenvalue weighted by molar-refractivity contribution is 9.10. The van der Waals surface area contributed by atoms with Crippen molar-refractivity contribution in [3.63, 3.8) is 0 Å². The van der Waals surface area contributed by atoms with E-state index in [9.17, 15) is 4.39 Å². The van der Waals surface area contributed by atoms with E-state index >= 15 is 0 Å². The van der Waals surface area contributed by atoms with Gasteiger partial charge in [-0.15, -0.1) is 0 Å². The van der Waals surface area contributed by atoms with Crippen molar-refractivity contribution >= 4 is 15.9 Å². The monoisotopic (exact) mass is 284 g/mol. The number of aryl methyl sites for hydroxylation is 1. The summed E-state index contributed by atoms with van der Waals surface area (Å²) in [5, 5.41) is 8.89. The molecule has 0 saturated carbocycles. The molecule has 16 heavy (non-hydrogen) atoms. The van der Waals surface area contributed by atoms with Crippen molar-refractivity contribution in [1.29, 1.82) is 0 Å². The first-order chi connectivity index (χ1) is 7.61. The minimum absolute atomic E-state index is 0.135. The number of benzene rings is 1. The first-order valence-corrected chi connectivity index (χ1v) is 5.52. The number of hydrogen-bond donors (Lipinski definition) is 2. The van der Waals surface area contributed by atoms with Crippen molar-refractivity contribution in [3.8, 4) is 11.4 Å². The smallest absolute Gasteiger partial charge is 0.140 e. The lowest BCUT2D eigenvalue weighted by atomic mass is 10.1. The molecule has 0 radical (unpaired) electrons. The summed E-state index contributed by atoms with van der Waals surface area (Å²) in [5.41, 5.74) is 1.90. The minimum atomic E-state index is -0.351. The number of nitrogens with zero attached hydrogens (tertiary/aromatic N) is 1. The molecule has 0 aliphatic heterocycles. The zero-order valence-corrected chi connectivity index (χ0v) is 10.2. The molecule has 5 heteroatoms. The van der Waals surface area contributed by atoms with Crippen molar-refractivity contribution in [2.24, 2.45) is 0 Å². The lowest BCUT2D eigenvalue weighted by Crippen LogP contribution is -1.90. The Morgan fingerprint density at radius 1 is 1.50 bits per heavy atom. The number of hydrogen-bond acceptors (Lipinski definition) is 2. The predicted molar refractivity (Wildman–Crippen MR) is 62.3 cm³/mol. The van der Waals surface area contributed by atoms with E-state index in [-0.39, 0.29) is 12.4 Å². The van der Waals surface area contributed by atoms with E-state index in [2.05, 4.69) is 25.9 Å². The number of aliphatic hydroxyl groups is 1. The normalized spacial score (nSPS) is 10.8. The molecular weight excluding hydrogens is 275 g/mol. The van der Waals surface area contributed by atoms with Crippen molar-refractivity contribution in [2.75, 3.05) is 0 Å². The molecular formula is C11H10BrFN2O. The van der Waals surface area contributed by atoms with E-state index in [1.807, 2.05) is 6.92 Å². The summed E-state index contributed by atoms with van der Waals surface area (Å²) >= 11 is 3.26. The quantitative estimate of drug-likeness (QED) is 0.891. The first-order valence-electron chi connectivity index (χ1n) is 4.72. The highest BCUT2D eigenvalue weighted by atomic mass is 79.9. The van der Waals surface area contributed by atoms with Crippen LogP contribution in [0.1, 0.15) is 11.3 Å². The summed E-state index contributed by atoms with van der Waals surface area (Å²) in [7, 11) is 0. The van der Waals surface area contributed by atoms with Crippen LogP contribution in [-0.4, -0.2) is 15.1 Å². The van der Waals surface area contributed by atoms with Crippen LogP contribution in [0.15, 0.2) is 22.8 Å². The van der Waals surface area contributed by atoms with Crippen molar-refractivity contribution in [3.05, 3.63) is 39.9 Å². The Morgan fingerprint density at radius 3 is 2.88 bits per heavy atom. The number of imidazole rings is 1. The Balaban J connectivity index is 2.51. The van der Waals surface area contributed by atoms with Crippen molar-refractivity contribution < 1.29 is 9.50 Å². The number of aromatic nitrogens is 2. The van der Waals surface area contributed by atoms with Gasteiger partial charge in [0, 0.05) is 4.47 Å². The Labute approximate surface area is 100 Å². The lowest BCUT2D eigenvalue weighted by molar-refractivity contribution is 0.277. The van der Waals surface area contributed by atoms with E-state index in [0.29, 0.717) is 17.1 Å². The molecule has 0 saturated heterocycles. The first kappa shape index (κ1) is 11.3. The lowest BCUT2D eigenvalue weighted by Gasteiger charge is -2.03. The molecule has 3 nitrogen and oxygen atoms in total. The maximum absolute atomic E-state index is 13.7. The van der Waals surface area contributed by atoms with Crippen LogP contribution in [0.2, 0.25) is 0 Å². The molecule has 1 heterocycles. The van der Waals surface area contributed by atoms with Gasteiger partial charge in [0.15, 0.2) is 0 Å². The number of nitrogens with one attached hydrogen (secondary N) is 1. The second-order valence-corrected chi connectivity index (χ2v) is 4.35. The topological polar surface area (TPSA) is 48.9 Å².